The van der Waals surface area contributed by atoms with E-state index in [1.165, 1.54) is 0 Å². The molecular formula is C14H17N5O. The largest absolute Gasteiger partial charge is 0.307 e. The van der Waals surface area contributed by atoms with Crippen molar-refractivity contribution in [2.45, 2.75) is 26.8 Å². The Bertz CT molecular complexity index is 824. The lowest BCUT2D eigenvalue weighted by Gasteiger charge is -2.02. The predicted molar refractivity (Wildman–Crippen MR) is 77.6 cm³/mol. The molecule has 0 amide bonds. The van der Waals surface area contributed by atoms with E-state index in [1.54, 1.807) is 10.7 Å². The first-order valence-corrected chi connectivity index (χ1v) is 6.70. The van der Waals surface area contributed by atoms with Crippen LogP contribution in [0, 0.1) is 6.92 Å². The lowest BCUT2D eigenvalue weighted by Crippen LogP contribution is -2.08. The summed E-state index contributed by atoms with van der Waals surface area (Å²) in [5, 5.41) is 9.89. The van der Waals surface area contributed by atoms with Crippen molar-refractivity contribution in [3.63, 3.8) is 0 Å². The number of pyridine rings is 1. The molecule has 6 heteroatoms. The summed E-state index contributed by atoms with van der Waals surface area (Å²) in [5.74, 6) is 0. The Balaban J connectivity index is 2.34. The minimum Gasteiger partial charge on any atom is -0.307 e. The molecule has 0 saturated carbocycles. The molecule has 1 N–H and O–H groups in total. The predicted octanol–water partition coefficient (Wildman–Crippen LogP) is 1.84. The fourth-order valence-corrected chi connectivity index (χ4v) is 2.52. The molecule has 20 heavy (non-hydrogen) atoms. The van der Waals surface area contributed by atoms with E-state index in [9.17, 15) is 4.79 Å². The van der Waals surface area contributed by atoms with Crippen molar-refractivity contribution in [1.82, 2.24) is 24.5 Å². The van der Waals surface area contributed by atoms with Gasteiger partial charge in [0.15, 0.2) is 0 Å². The van der Waals surface area contributed by atoms with Gasteiger partial charge in [-0.2, -0.15) is 10.2 Å². The Morgan fingerprint density at radius 3 is 2.80 bits per heavy atom. The normalized spacial score (nSPS) is 11.3. The number of nitrogens with one attached hydrogen (secondary N) is 1. The number of fused-ring (bicyclic) bond motifs is 1. The number of aromatic nitrogens is 5. The van der Waals surface area contributed by atoms with Gasteiger partial charge in [-0.3, -0.25) is 9.48 Å². The Hall–Kier alpha value is -2.37. The zero-order valence-corrected chi connectivity index (χ0v) is 11.8. The van der Waals surface area contributed by atoms with Crippen molar-refractivity contribution in [2.75, 3.05) is 0 Å². The minimum atomic E-state index is -0.129. The molecule has 104 valence electrons. The first-order valence-electron chi connectivity index (χ1n) is 6.70. The molecule has 0 bridgehead atoms. The van der Waals surface area contributed by atoms with Crippen LogP contribution in [0.5, 0.6) is 0 Å². The SMILES string of the molecule is CCCn1nc(C)c2c(-c3ccn(C)n3)cc(=O)[nH]c21. The molecular weight excluding hydrogens is 254 g/mol. The smallest absolute Gasteiger partial charge is 0.250 e. The zero-order chi connectivity index (χ0) is 14.3. The molecule has 0 radical (unpaired) electrons. The fourth-order valence-electron chi connectivity index (χ4n) is 2.52. The Morgan fingerprint density at radius 2 is 2.15 bits per heavy atom. The zero-order valence-electron chi connectivity index (χ0n) is 11.8. The molecule has 0 atom stereocenters. The lowest BCUT2D eigenvalue weighted by atomic mass is 10.1. The van der Waals surface area contributed by atoms with E-state index in [-0.39, 0.29) is 5.56 Å². The molecule has 0 unspecified atom stereocenters. The quantitative estimate of drug-likeness (QED) is 0.790. The minimum absolute atomic E-state index is 0.129. The summed E-state index contributed by atoms with van der Waals surface area (Å²) in [6, 6.07) is 3.50. The third-order valence-electron chi connectivity index (χ3n) is 3.34. The molecule has 0 fully saturated rings. The van der Waals surface area contributed by atoms with Crippen LogP contribution in [0.4, 0.5) is 0 Å². The number of aromatic amines is 1. The summed E-state index contributed by atoms with van der Waals surface area (Å²) in [6.07, 6.45) is 2.83. The van der Waals surface area contributed by atoms with Crippen LogP contribution in [-0.2, 0) is 13.6 Å². The maximum atomic E-state index is 11.9. The van der Waals surface area contributed by atoms with Gasteiger partial charge in [-0.1, -0.05) is 6.92 Å². The van der Waals surface area contributed by atoms with Crippen LogP contribution in [0.1, 0.15) is 19.0 Å². The maximum absolute atomic E-state index is 11.9. The number of H-pyrrole nitrogens is 1. The summed E-state index contributed by atoms with van der Waals surface area (Å²) >= 11 is 0. The molecule has 3 heterocycles. The summed E-state index contributed by atoms with van der Waals surface area (Å²) in [6.45, 7) is 4.83. The molecule has 0 aliphatic heterocycles. The average Bonchev–Trinajstić information content (AvgIpc) is 2.95. The number of rotatable bonds is 3. The van der Waals surface area contributed by atoms with Gasteiger partial charge in [0.05, 0.1) is 11.4 Å². The van der Waals surface area contributed by atoms with Gasteiger partial charge in [-0.25, -0.2) is 4.68 Å². The van der Waals surface area contributed by atoms with Crippen LogP contribution in [0.2, 0.25) is 0 Å². The summed E-state index contributed by atoms with van der Waals surface area (Å²) in [4.78, 5) is 14.8. The first-order chi connectivity index (χ1) is 9.60. The van der Waals surface area contributed by atoms with E-state index in [4.69, 9.17) is 0 Å². The van der Waals surface area contributed by atoms with Crippen molar-refractivity contribution >= 4 is 11.0 Å². The monoisotopic (exact) mass is 271 g/mol. The maximum Gasteiger partial charge on any atom is 0.250 e. The number of aryl methyl sites for hydroxylation is 3. The summed E-state index contributed by atoms with van der Waals surface area (Å²) in [7, 11) is 1.86. The van der Waals surface area contributed by atoms with Crippen LogP contribution < -0.4 is 5.56 Å². The number of hydrogen-bond acceptors (Lipinski definition) is 3. The lowest BCUT2D eigenvalue weighted by molar-refractivity contribution is 0.612. The molecule has 6 nitrogen and oxygen atoms in total. The van der Waals surface area contributed by atoms with Crippen molar-refractivity contribution in [3.8, 4) is 11.3 Å². The molecule has 3 rings (SSSR count). The second kappa shape index (κ2) is 4.63. The average molecular weight is 271 g/mol. The highest BCUT2D eigenvalue weighted by molar-refractivity contribution is 5.93. The van der Waals surface area contributed by atoms with Crippen LogP contribution in [0.15, 0.2) is 23.1 Å². The van der Waals surface area contributed by atoms with Gasteiger partial charge < -0.3 is 4.98 Å². The fraction of sp³-hybridized carbons (Fsp3) is 0.357. The van der Waals surface area contributed by atoms with Crippen molar-refractivity contribution in [1.29, 1.82) is 0 Å². The van der Waals surface area contributed by atoms with Gasteiger partial charge in [0.25, 0.3) is 0 Å². The number of hydrogen-bond donors (Lipinski definition) is 1. The molecule has 0 saturated heterocycles. The van der Waals surface area contributed by atoms with Crippen molar-refractivity contribution in [3.05, 3.63) is 34.4 Å². The molecule has 3 aromatic rings. The van der Waals surface area contributed by atoms with E-state index < -0.39 is 0 Å². The standard InChI is InChI=1S/C14H17N5O/c1-4-6-19-14-13(9(2)16-19)10(8-12(20)15-14)11-5-7-18(3)17-11/h5,7-8H,4,6H2,1-3H3,(H,15,20). The Labute approximate surface area is 116 Å². The Kier molecular flexibility index (Phi) is 2.93. The third kappa shape index (κ3) is 1.93. The van der Waals surface area contributed by atoms with Crippen LogP contribution in [0.3, 0.4) is 0 Å². The molecule has 3 aromatic heterocycles. The highest BCUT2D eigenvalue weighted by Crippen LogP contribution is 2.27. The first kappa shape index (κ1) is 12.7. The van der Waals surface area contributed by atoms with E-state index >= 15 is 0 Å². The molecule has 0 aliphatic carbocycles. The summed E-state index contributed by atoms with van der Waals surface area (Å²) < 4.78 is 3.59. The van der Waals surface area contributed by atoms with E-state index in [0.717, 1.165) is 41.0 Å². The van der Waals surface area contributed by atoms with Gasteiger partial charge in [-0.05, 0) is 19.4 Å². The molecule has 0 aromatic carbocycles. The van der Waals surface area contributed by atoms with E-state index in [0.29, 0.717) is 0 Å². The molecule has 0 spiro atoms. The van der Waals surface area contributed by atoms with Crippen LogP contribution in [0.25, 0.3) is 22.3 Å². The van der Waals surface area contributed by atoms with E-state index in [1.807, 2.05) is 30.9 Å². The van der Waals surface area contributed by atoms with Gasteiger partial charge >= 0.3 is 0 Å². The second-order valence-electron chi connectivity index (χ2n) is 4.95. The molecule has 0 aliphatic rings. The van der Waals surface area contributed by atoms with Crippen LogP contribution >= 0.6 is 0 Å². The topological polar surface area (TPSA) is 68.5 Å². The van der Waals surface area contributed by atoms with E-state index in [2.05, 4.69) is 22.1 Å². The van der Waals surface area contributed by atoms with Gasteiger partial charge in [-0.15, -0.1) is 0 Å². The third-order valence-corrected chi connectivity index (χ3v) is 3.34. The highest BCUT2D eigenvalue weighted by Gasteiger charge is 2.15. The second-order valence-corrected chi connectivity index (χ2v) is 4.95. The van der Waals surface area contributed by atoms with Crippen molar-refractivity contribution < 1.29 is 0 Å². The summed E-state index contributed by atoms with van der Waals surface area (Å²) in [5.41, 5.74) is 3.19. The van der Waals surface area contributed by atoms with Gasteiger partial charge in [0, 0.05) is 36.8 Å². The highest BCUT2D eigenvalue weighted by atomic mass is 16.1. The Morgan fingerprint density at radius 1 is 1.35 bits per heavy atom. The van der Waals surface area contributed by atoms with Crippen molar-refractivity contribution in [2.24, 2.45) is 7.05 Å². The number of nitrogens with zero attached hydrogens (tertiary/aromatic N) is 4. The van der Waals surface area contributed by atoms with Crippen LogP contribution in [-0.4, -0.2) is 24.5 Å². The van der Waals surface area contributed by atoms with Gasteiger partial charge in [0.1, 0.15) is 5.65 Å². The van der Waals surface area contributed by atoms with Gasteiger partial charge in [0.2, 0.25) is 5.56 Å².